The molecule has 2 atom stereocenters. The van der Waals surface area contributed by atoms with Crippen molar-refractivity contribution in [3.63, 3.8) is 0 Å². The highest BCUT2D eigenvalue weighted by Gasteiger charge is 2.53. The third kappa shape index (κ3) is 2.87. The lowest BCUT2D eigenvalue weighted by Crippen LogP contribution is -2.47. The highest BCUT2D eigenvalue weighted by Crippen LogP contribution is 2.53. The Balaban J connectivity index is 2.24. The van der Waals surface area contributed by atoms with Gasteiger partial charge in [-0.05, 0) is 42.4 Å². The highest BCUT2D eigenvalue weighted by atomic mass is 16.4. The van der Waals surface area contributed by atoms with Gasteiger partial charge in [0.15, 0.2) is 0 Å². The lowest BCUT2D eigenvalue weighted by molar-refractivity contribution is -0.153. The van der Waals surface area contributed by atoms with Crippen LogP contribution in [0.5, 0.6) is 0 Å². The Morgan fingerprint density at radius 1 is 1.04 bits per heavy atom. The minimum atomic E-state index is -1.17. The van der Waals surface area contributed by atoms with Crippen molar-refractivity contribution in [1.29, 1.82) is 0 Å². The van der Waals surface area contributed by atoms with Crippen LogP contribution in [-0.4, -0.2) is 22.2 Å². The monoisotopic (exact) mass is 354 g/mol. The zero-order valence-corrected chi connectivity index (χ0v) is 15.4. The first kappa shape index (κ1) is 18.4. The molecule has 0 amide bonds. The van der Waals surface area contributed by atoms with E-state index in [0.29, 0.717) is 5.57 Å². The van der Waals surface area contributed by atoms with Gasteiger partial charge < -0.3 is 10.2 Å². The molecule has 138 valence electrons. The maximum atomic E-state index is 12.6. The third-order valence-electron chi connectivity index (χ3n) is 6.31. The summed E-state index contributed by atoms with van der Waals surface area (Å²) in [5.74, 6) is -2.52. The van der Waals surface area contributed by atoms with Gasteiger partial charge in [-0.1, -0.05) is 62.6 Å². The Morgan fingerprint density at radius 2 is 1.65 bits per heavy atom. The Bertz CT molecular complexity index is 769. The molecule has 0 aromatic heterocycles. The average Bonchev–Trinajstić information content (AvgIpc) is 2.63. The molecule has 0 saturated heterocycles. The van der Waals surface area contributed by atoms with Crippen LogP contribution in [0.1, 0.15) is 51.5 Å². The van der Waals surface area contributed by atoms with Gasteiger partial charge in [-0.25, -0.2) is 4.79 Å². The maximum absolute atomic E-state index is 12.6. The number of carboxylic acids is 2. The molecule has 2 N–H and O–H groups in total. The lowest BCUT2D eigenvalue weighted by atomic mass is 9.57. The van der Waals surface area contributed by atoms with Crippen molar-refractivity contribution in [1.82, 2.24) is 0 Å². The molecule has 0 aliphatic heterocycles. The van der Waals surface area contributed by atoms with Crippen LogP contribution in [0.2, 0.25) is 0 Å². The van der Waals surface area contributed by atoms with E-state index in [9.17, 15) is 19.8 Å². The molecule has 0 radical (unpaired) electrons. The number of hydrogen-bond acceptors (Lipinski definition) is 2. The van der Waals surface area contributed by atoms with Crippen LogP contribution in [0.3, 0.4) is 0 Å². The molecule has 0 spiro atoms. The number of benzene rings is 1. The van der Waals surface area contributed by atoms with Gasteiger partial charge in [-0.3, -0.25) is 4.79 Å². The fraction of sp³-hybridized carbons (Fsp3) is 0.455. The number of allylic oxidation sites excluding steroid dienone is 2. The second-order valence-corrected chi connectivity index (χ2v) is 7.56. The number of aliphatic carboxylic acids is 2. The Hall–Kier alpha value is -2.36. The van der Waals surface area contributed by atoms with Crippen LogP contribution in [0.4, 0.5) is 0 Å². The number of carbonyl (C=O) groups is 2. The number of carboxylic acid groups (broad SMARTS) is 2. The molecule has 2 aliphatic rings. The number of rotatable bonds is 4. The van der Waals surface area contributed by atoms with E-state index in [-0.39, 0.29) is 11.5 Å². The predicted molar refractivity (Wildman–Crippen MR) is 101 cm³/mol. The Labute approximate surface area is 154 Å². The fourth-order valence-corrected chi connectivity index (χ4v) is 4.92. The van der Waals surface area contributed by atoms with Gasteiger partial charge in [-0.2, -0.15) is 0 Å². The van der Waals surface area contributed by atoms with Crippen LogP contribution in [0.25, 0.3) is 5.57 Å². The molecule has 2 aliphatic carbocycles. The van der Waals surface area contributed by atoms with E-state index < -0.39 is 23.3 Å². The van der Waals surface area contributed by atoms with Crippen LogP contribution < -0.4 is 0 Å². The van der Waals surface area contributed by atoms with E-state index >= 15 is 0 Å². The van der Waals surface area contributed by atoms with Gasteiger partial charge >= 0.3 is 11.9 Å². The van der Waals surface area contributed by atoms with Crippen LogP contribution in [0, 0.1) is 17.3 Å². The molecular formula is C22H26O4. The van der Waals surface area contributed by atoms with Crippen LogP contribution in [-0.2, 0) is 9.59 Å². The van der Waals surface area contributed by atoms with E-state index in [1.54, 1.807) is 13.8 Å². The first-order valence-electron chi connectivity index (χ1n) is 9.35. The van der Waals surface area contributed by atoms with Crippen LogP contribution >= 0.6 is 0 Å². The first-order chi connectivity index (χ1) is 12.4. The fourth-order valence-electron chi connectivity index (χ4n) is 4.92. The van der Waals surface area contributed by atoms with Crippen molar-refractivity contribution in [2.45, 2.75) is 46.0 Å². The van der Waals surface area contributed by atoms with Crippen molar-refractivity contribution in [2.75, 3.05) is 0 Å². The van der Waals surface area contributed by atoms with Crippen molar-refractivity contribution < 1.29 is 19.8 Å². The lowest BCUT2D eigenvalue weighted by Gasteiger charge is -2.45. The summed E-state index contributed by atoms with van der Waals surface area (Å²) in [4.78, 5) is 24.6. The summed E-state index contributed by atoms with van der Waals surface area (Å²) >= 11 is 0. The van der Waals surface area contributed by atoms with Crippen LogP contribution in [0.15, 0.2) is 47.6 Å². The highest BCUT2D eigenvalue weighted by molar-refractivity contribution is 5.99. The second-order valence-electron chi connectivity index (χ2n) is 7.56. The molecule has 0 bridgehead atoms. The Morgan fingerprint density at radius 3 is 2.19 bits per heavy atom. The quantitative estimate of drug-likeness (QED) is 0.816. The van der Waals surface area contributed by atoms with E-state index in [1.165, 1.54) is 0 Å². The van der Waals surface area contributed by atoms with Gasteiger partial charge in [-0.15, -0.1) is 0 Å². The van der Waals surface area contributed by atoms with Crippen molar-refractivity contribution in [3.8, 4) is 0 Å². The summed E-state index contributed by atoms with van der Waals surface area (Å²) in [5.41, 5.74) is 1.35. The van der Waals surface area contributed by atoms with Gasteiger partial charge in [0.25, 0.3) is 0 Å². The molecule has 3 rings (SSSR count). The van der Waals surface area contributed by atoms with Crippen molar-refractivity contribution in [2.24, 2.45) is 17.3 Å². The molecule has 4 heteroatoms. The minimum Gasteiger partial charge on any atom is -0.481 e. The standard InChI is InChI=1S/C22H26O4/c1-14-18(16-9-5-3-6-10-16)13-22(21(25)26,15(2)19(14)20(23)24)17-11-7-4-8-12-17/h3,5-6,9-10,13,15,17H,4,7-8,11-12H2,1-2H3,(H,23,24)(H,25,26). The maximum Gasteiger partial charge on any atom is 0.332 e. The topological polar surface area (TPSA) is 74.6 Å². The Kier molecular flexibility index (Phi) is 5.03. The van der Waals surface area contributed by atoms with E-state index in [2.05, 4.69) is 0 Å². The summed E-state index contributed by atoms with van der Waals surface area (Å²) < 4.78 is 0. The van der Waals surface area contributed by atoms with E-state index in [4.69, 9.17) is 0 Å². The minimum absolute atomic E-state index is 0.0371. The SMILES string of the molecule is CC1=C(C(=O)O)C(C)C(C(=O)O)(C2CCCCC2)C=C1c1ccccc1. The third-order valence-corrected chi connectivity index (χ3v) is 6.31. The first-order valence-corrected chi connectivity index (χ1v) is 9.35. The molecule has 0 heterocycles. The van der Waals surface area contributed by atoms with Crippen molar-refractivity contribution >= 4 is 17.5 Å². The molecule has 26 heavy (non-hydrogen) atoms. The summed E-state index contributed by atoms with van der Waals surface area (Å²) in [6.45, 7) is 3.57. The number of hydrogen-bond donors (Lipinski definition) is 2. The summed E-state index contributed by atoms with van der Waals surface area (Å²) in [6.07, 6.45) is 6.67. The molecule has 1 fully saturated rings. The molecule has 4 nitrogen and oxygen atoms in total. The normalized spacial score (nSPS) is 27.2. The molecular weight excluding hydrogens is 328 g/mol. The molecule has 1 aromatic carbocycles. The molecule has 2 unspecified atom stereocenters. The van der Waals surface area contributed by atoms with Gasteiger partial charge in [0, 0.05) is 11.5 Å². The summed E-state index contributed by atoms with van der Waals surface area (Å²) in [5, 5.41) is 20.2. The smallest absolute Gasteiger partial charge is 0.332 e. The van der Waals surface area contributed by atoms with Gasteiger partial charge in [0.1, 0.15) is 0 Å². The average molecular weight is 354 g/mol. The largest absolute Gasteiger partial charge is 0.481 e. The zero-order valence-electron chi connectivity index (χ0n) is 15.4. The van der Waals surface area contributed by atoms with E-state index in [1.807, 2.05) is 36.4 Å². The summed E-state index contributed by atoms with van der Waals surface area (Å²) in [7, 11) is 0. The molecule has 1 saturated carbocycles. The van der Waals surface area contributed by atoms with Gasteiger partial charge in [0.05, 0.1) is 5.41 Å². The predicted octanol–water partition coefficient (Wildman–Crippen LogP) is 4.77. The zero-order chi connectivity index (χ0) is 18.9. The van der Waals surface area contributed by atoms with Gasteiger partial charge in [0.2, 0.25) is 0 Å². The molecule has 1 aromatic rings. The van der Waals surface area contributed by atoms with E-state index in [0.717, 1.165) is 43.2 Å². The summed E-state index contributed by atoms with van der Waals surface area (Å²) in [6, 6.07) is 9.52. The van der Waals surface area contributed by atoms with Crippen molar-refractivity contribution in [3.05, 3.63) is 53.1 Å². The second kappa shape index (κ2) is 7.10.